The van der Waals surface area contributed by atoms with Gasteiger partial charge >= 0.3 is 24.2 Å². The first-order valence-corrected chi connectivity index (χ1v) is 12.3. The molecule has 10 nitrogen and oxygen atoms in total. The molecule has 0 aliphatic carbocycles. The lowest BCUT2D eigenvalue weighted by Crippen LogP contribution is -2.30. The number of rotatable bonds is 8. The van der Waals surface area contributed by atoms with Crippen LogP contribution in [0, 0.1) is 0 Å². The zero-order valence-corrected chi connectivity index (χ0v) is 22.7. The molecule has 0 fully saturated rings. The Morgan fingerprint density at radius 2 is 0.886 bits per heavy atom. The van der Waals surface area contributed by atoms with E-state index in [9.17, 15) is 45.5 Å². The van der Waals surface area contributed by atoms with E-state index < -0.39 is 36.0 Å². The highest BCUT2D eigenvalue weighted by Gasteiger charge is 2.39. The van der Waals surface area contributed by atoms with Crippen LogP contribution in [0.15, 0.2) is 83.0 Å². The molecule has 3 aromatic rings. The van der Waals surface area contributed by atoms with Gasteiger partial charge in [0.2, 0.25) is 0 Å². The number of alkyl halides is 6. The van der Waals surface area contributed by atoms with Crippen molar-refractivity contribution in [3.05, 3.63) is 95.1 Å². The lowest BCUT2D eigenvalue weighted by atomic mass is 10.1. The number of hydrogen-bond acceptors (Lipinski definition) is 6. The Labute approximate surface area is 245 Å². The maximum absolute atomic E-state index is 12.5. The lowest BCUT2D eigenvalue weighted by molar-refractivity contribution is -0.167. The molecule has 0 atom stereocenters. The van der Waals surface area contributed by atoms with Crippen LogP contribution >= 0.6 is 0 Å². The summed E-state index contributed by atoms with van der Waals surface area (Å²) in [7, 11) is 0. The topological polar surface area (TPSA) is 141 Å². The van der Waals surface area contributed by atoms with E-state index in [2.05, 4.69) is 21.1 Å². The average Bonchev–Trinajstić information content (AvgIpc) is 2.97. The third-order valence-corrected chi connectivity index (χ3v) is 5.65. The van der Waals surface area contributed by atoms with Gasteiger partial charge in [-0.2, -0.15) is 36.5 Å². The van der Waals surface area contributed by atoms with Crippen molar-refractivity contribution in [1.29, 1.82) is 0 Å². The summed E-state index contributed by atoms with van der Waals surface area (Å²) in [5.41, 5.74) is 5.64. The molecule has 44 heavy (non-hydrogen) atoms. The fourth-order valence-electron chi connectivity index (χ4n) is 3.35. The third-order valence-electron chi connectivity index (χ3n) is 5.65. The number of hydrazone groups is 2. The van der Waals surface area contributed by atoms with Crippen molar-refractivity contribution in [1.82, 2.24) is 10.9 Å². The minimum absolute atomic E-state index is 0.113. The molecule has 0 unspecified atom stereocenters. The van der Waals surface area contributed by atoms with E-state index in [1.165, 1.54) is 86.6 Å². The van der Waals surface area contributed by atoms with E-state index in [1.54, 1.807) is 10.6 Å². The van der Waals surface area contributed by atoms with Crippen LogP contribution in [0.2, 0.25) is 0 Å². The Hall–Kier alpha value is -5.54. The Bertz CT molecular complexity index is 1510. The van der Waals surface area contributed by atoms with Crippen LogP contribution in [-0.4, -0.2) is 47.4 Å². The maximum Gasteiger partial charge on any atom is 0.471 e. The number of carbonyl (C=O) groups is 4. The van der Waals surface area contributed by atoms with Crippen LogP contribution in [0.1, 0.15) is 45.7 Å². The number of carbonyl (C=O) groups excluding carboxylic acids is 4. The number of halogens is 6. The van der Waals surface area contributed by atoms with Crippen molar-refractivity contribution in [2.24, 2.45) is 10.2 Å². The number of benzene rings is 3. The van der Waals surface area contributed by atoms with Crippen LogP contribution < -0.4 is 21.5 Å². The van der Waals surface area contributed by atoms with Gasteiger partial charge < -0.3 is 10.6 Å². The first-order valence-electron chi connectivity index (χ1n) is 12.3. The van der Waals surface area contributed by atoms with Gasteiger partial charge in [-0.15, -0.1) is 0 Å². The summed E-state index contributed by atoms with van der Waals surface area (Å²) in [6.45, 7) is 2.96. The van der Waals surface area contributed by atoms with E-state index >= 15 is 0 Å². The first kappa shape index (κ1) is 33.0. The monoisotopic (exact) mass is 620 g/mol. The molecule has 0 spiro atoms. The van der Waals surface area contributed by atoms with Gasteiger partial charge in [0.05, 0.1) is 11.4 Å². The van der Waals surface area contributed by atoms with E-state index in [0.717, 1.165) is 0 Å². The average molecular weight is 621 g/mol. The van der Waals surface area contributed by atoms with Crippen molar-refractivity contribution in [2.45, 2.75) is 26.2 Å². The summed E-state index contributed by atoms with van der Waals surface area (Å²) in [5.74, 6) is -5.60. The second-order valence-corrected chi connectivity index (χ2v) is 8.92. The van der Waals surface area contributed by atoms with Crippen molar-refractivity contribution >= 4 is 46.4 Å². The van der Waals surface area contributed by atoms with Crippen LogP contribution in [-0.2, 0) is 9.59 Å². The zero-order valence-electron chi connectivity index (χ0n) is 22.7. The molecule has 4 N–H and O–H groups in total. The Morgan fingerprint density at radius 1 is 0.545 bits per heavy atom. The van der Waals surface area contributed by atoms with Crippen LogP contribution in [0.4, 0.5) is 37.7 Å². The van der Waals surface area contributed by atoms with Gasteiger partial charge in [0.1, 0.15) is 0 Å². The molecule has 0 aromatic heterocycles. The summed E-state index contributed by atoms with van der Waals surface area (Å²) < 4.78 is 75.0. The highest BCUT2D eigenvalue weighted by molar-refractivity contribution is 6.04. The molecule has 0 aliphatic heterocycles. The van der Waals surface area contributed by atoms with Gasteiger partial charge in [-0.25, -0.2) is 10.9 Å². The second-order valence-electron chi connectivity index (χ2n) is 8.92. The number of nitrogens with zero attached hydrogens (tertiary/aromatic N) is 2. The van der Waals surface area contributed by atoms with Crippen LogP contribution in [0.5, 0.6) is 0 Å². The van der Waals surface area contributed by atoms with E-state index in [0.29, 0.717) is 11.1 Å². The first-order chi connectivity index (χ1) is 20.5. The van der Waals surface area contributed by atoms with Crippen molar-refractivity contribution < 1.29 is 45.5 Å². The molecular weight excluding hydrogens is 598 g/mol. The zero-order chi connectivity index (χ0) is 32.7. The standard InChI is InChI=1S/C28H22F6N6O4/c1-15(19-5-3-7-21(13-19)35-25(43)27(29,30)31)37-39-23(41)17-9-11-18(12-10-17)24(42)40-38-16(2)20-6-4-8-22(14-20)36-26(44)28(32,33)34/h3-14H,1-2H3,(H,35,43)(H,36,44)(H,39,41)(H,40,42)/b37-15-,38-16-. The molecule has 230 valence electrons. The molecule has 4 amide bonds. The number of nitrogens with one attached hydrogen (secondary N) is 4. The summed E-state index contributed by atoms with van der Waals surface area (Å²) in [4.78, 5) is 47.3. The van der Waals surface area contributed by atoms with Crippen molar-refractivity contribution in [2.75, 3.05) is 10.6 Å². The largest absolute Gasteiger partial charge is 0.471 e. The summed E-state index contributed by atoms with van der Waals surface area (Å²) >= 11 is 0. The highest BCUT2D eigenvalue weighted by Crippen LogP contribution is 2.20. The number of anilines is 2. The van der Waals surface area contributed by atoms with Gasteiger partial charge in [-0.3, -0.25) is 19.2 Å². The molecule has 3 aromatic carbocycles. The summed E-state index contributed by atoms with van der Waals surface area (Å²) in [6.07, 6.45) is -10.1. The maximum atomic E-state index is 12.5. The minimum atomic E-state index is -5.06. The van der Waals surface area contributed by atoms with Gasteiger partial charge in [0, 0.05) is 22.5 Å². The molecule has 0 bridgehead atoms. The molecular formula is C28H22F6N6O4. The molecule has 0 saturated heterocycles. The predicted molar refractivity (Wildman–Crippen MR) is 148 cm³/mol. The molecule has 0 heterocycles. The van der Waals surface area contributed by atoms with Crippen molar-refractivity contribution in [3.8, 4) is 0 Å². The quantitative estimate of drug-likeness (QED) is 0.160. The van der Waals surface area contributed by atoms with Crippen LogP contribution in [0.25, 0.3) is 0 Å². The summed E-state index contributed by atoms with van der Waals surface area (Å²) in [6, 6.07) is 16.1. The van der Waals surface area contributed by atoms with Crippen molar-refractivity contribution in [3.63, 3.8) is 0 Å². The number of hydrogen-bond donors (Lipinski definition) is 4. The van der Waals surface area contributed by atoms with Gasteiger partial charge in [0.15, 0.2) is 0 Å². The predicted octanol–water partition coefficient (Wildman–Crippen LogP) is 5.00. The van der Waals surface area contributed by atoms with Crippen LogP contribution in [0.3, 0.4) is 0 Å². The molecule has 0 aliphatic rings. The molecule has 0 saturated carbocycles. The van der Waals surface area contributed by atoms with Gasteiger partial charge in [-0.05, 0) is 73.5 Å². The smallest absolute Gasteiger partial charge is 0.318 e. The molecule has 0 radical (unpaired) electrons. The van der Waals surface area contributed by atoms with Gasteiger partial charge in [0.25, 0.3) is 11.8 Å². The summed E-state index contributed by atoms with van der Waals surface area (Å²) in [5, 5.41) is 11.3. The fourth-order valence-corrected chi connectivity index (χ4v) is 3.35. The lowest BCUT2D eigenvalue weighted by Gasteiger charge is -2.09. The normalized spacial score (nSPS) is 12.3. The van der Waals surface area contributed by atoms with Gasteiger partial charge in [-0.1, -0.05) is 24.3 Å². The molecule has 3 rings (SSSR count). The Morgan fingerprint density at radius 3 is 1.20 bits per heavy atom. The molecule has 16 heteroatoms. The number of amides is 4. The fraction of sp³-hybridized carbons (Fsp3) is 0.143. The Kier molecular flexibility index (Phi) is 10.2. The second kappa shape index (κ2) is 13.6. The highest BCUT2D eigenvalue weighted by atomic mass is 19.4. The van der Waals surface area contributed by atoms with E-state index in [4.69, 9.17) is 0 Å². The minimum Gasteiger partial charge on any atom is -0.318 e. The Balaban J connectivity index is 1.60. The SMILES string of the molecule is C/C(=N/NC(=O)c1ccc(C(=O)N/N=C(/C)c2cccc(NC(=O)C(F)(F)F)c2)cc1)c1cccc(NC(=O)C(F)(F)F)c1. The van der Waals surface area contributed by atoms with E-state index in [1.807, 2.05) is 0 Å². The third kappa shape index (κ3) is 9.23. The van der Waals surface area contributed by atoms with E-state index in [-0.39, 0.29) is 33.9 Å².